The van der Waals surface area contributed by atoms with Gasteiger partial charge in [0.15, 0.2) is 18.4 Å². The average molecular weight is 284 g/mol. The van der Waals surface area contributed by atoms with Crippen LogP contribution in [0.15, 0.2) is 9.98 Å². The predicted molar refractivity (Wildman–Crippen MR) is 66.9 cm³/mol. The van der Waals surface area contributed by atoms with Crippen LogP contribution < -0.4 is 0 Å². The number of hydrogen-bond donors (Lipinski definition) is 3. The summed E-state index contributed by atoms with van der Waals surface area (Å²) >= 11 is 0. The molecule has 3 aliphatic rings. The fourth-order valence-electron chi connectivity index (χ4n) is 2.58. The van der Waals surface area contributed by atoms with Crippen molar-refractivity contribution in [3.63, 3.8) is 0 Å². The number of hydrogen-bond acceptors (Lipinski definition) is 8. The molecular formula is C11H16N4O5. The number of fused-ring (bicyclic) bond motifs is 1. The molecule has 0 aromatic carbocycles. The standard InChI is InChI=1S/C11H16N4O5/c1-14-3-13-9-6(10(14)19)12-4-15(9)11-8(18)7(17)5(2-16)20-11/h3-9,11,16-18H,2H2,1H3/t5-,6?,7-,8-,9?,11-/m1/s1. The number of amides is 1. The average Bonchev–Trinajstić information content (AvgIpc) is 2.98. The van der Waals surface area contributed by atoms with E-state index in [9.17, 15) is 15.0 Å². The van der Waals surface area contributed by atoms with Crippen LogP contribution in [0.25, 0.3) is 0 Å². The van der Waals surface area contributed by atoms with Gasteiger partial charge in [-0.05, 0) is 0 Å². The van der Waals surface area contributed by atoms with Crippen LogP contribution in [0.3, 0.4) is 0 Å². The Labute approximate surface area is 114 Å². The van der Waals surface area contributed by atoms with E-state index in [1.807, 2.05) is 0 Å². The molecule has 3 N–H and O–H groups in total. The Kier molecular flexibility index (Phi) is 3.21. The van der Waals surface area contributed by atoms with Gasteiger partial charge in [0.25, 0.3) is 5.91 Å². The maximum absolute atomic E-state index is 11.9. The number of aliphatic imine (C=N–C) groups is 2. The van der Waals surface area contributed by atoms with E-state index >= 15 is 0 Å². The summed E-state index contributed by atoms with van der Waals surface area (Å²) in [5.41, 5.74) is 0. The van der Waals surface area contributed by atoms with Crippen LogP contribution in [0.4, 0.5) is 0 Å². The molecule has 0 spiro atoms. The molecule has 20 heavy (non-hydrogen) atoms. The minimum Gasteiger partial charge on any atom is -0.394 e. The van der Waals surface area contributed by atoms with Crippen molar-refractivity contribution in [3.05, 3.63) is 0 Å². The van der Waals surface area contributed by atoms with E-state index in [2.05, 4.69) is 9.98 Å². The van der Waals surface area contributed by atoms with Crippen molar-refractivity contribution < 1.29 is 24.9 Å². The zero-order chi connectivity index (χ0) is 14.4. The van der Waals surface area contributed by atoms with Crippen molar-refractivity contribution in [2.24, 2.45) is 9.98 Å². The van der Waals surface area contributed by atoms with Gasteiger partial charge in [-0.15, -0.1) is 0 Å². The lowest BCUT2D eigenvalue weighted by Gasteiger charge is -2.33. The van der Waals surface area contributed by atoms with E-state index in [-0.39, 0.29) is 5.91 Å². The largest absolute Gasteiger partial charge is 0.394 e. The van der Waals surface area contributed by atoms with Gasteiger partial charge < -0.3 is 29.9 Å². The first-order chi connectivity index (χ1) is 9.54. The van der Waals surface area contributed by atoms with Gasteiger partial charge in [0.1, 0.15) is 18.3 Å². The Morgan fingerprint density at radius 1 is 1.30 bits per heavy atom. The smallest absolute Gasteiger partial charge is 0.256 e. The number of carbonyl (C=O) groups is 1. The second kappa shape index (κ2) is 4.77. The summed E-state index contributed by atoms with van der Waals surface area (Å²) in [6, 6.07) is -0.675. The number of aliphatic hydroxyl groups is 3. The zero-order valence-corrected chi connectivity index (χ0v) is 10.8. The SMILES string of the molecule is CN1C=NC2C(N=CN2[C@@H]2O[C@H](CO)[C@@H](O)[C@H]2O)C1=O. The van der Waals surface area contributed by atoms with Crippen molar-refractivity contribution in [1.82, 2.24) is 9.80 Å². The maximum atomic E-state index is 11.9. The van der Waals surface area contributed by atoms with E-state index in [0.29, 0.717) is 0 Å². The van der Waals surface area contributed by atoms with Crippen molar-refractivity contribution in [1.29, 1.82) is 0 Å². The molecule has 3 aliphatic heterocycles. The van der Waals surface area contributed by atoms with Crippen molar-refractivity contribution in [3.8, 4) is 0 Å². The van der Waals surface area contributed by atoms with E-state index in [4.69, 9.17) is 9.84 Å². The van der Waals surface area contributed by atoms with E-state index < -0.39 is 43.4 Å². The minimum atomic E-state index is -1.21. The molecule has 3 heterocycles. The summed E-state index contributed by atoms with van der Waals surface area (Å²) in [6.07, 6.45) is -1.97. The quantitative estimate of drug-likeness (QED) is 0.496. The lowest BCUT2D eigenvalue weighted by atomic mass is 10.1. The monoisotopic (exact) mass is 284 g/mol. The Morgan fingerprint density at radius 3 is 2.70 bits per heavy atom. The highest BCUT2D eigenvalue weighted by Gasteiger charge is 2.50. The molecule has 1 saturated heterocycles. The second-order valence-corrected chi connectivity index (χ2v) is 5.01. The van der Waals surface area contributed by atoms with Gasteiger partial charge in [0.2, 0.25) is 0 Å². The van der Waals surface area contributed by atoms with Gasteiger partial charge in [-0.25, -0.2) is 4.99 Å². The fourth-order valence-corrected chi connectivity index (χ4v) is 2.58. The van der Waals surface area contributed by atoms with E-state index in [0.717, 1.165) is 0 Å². The molecule has 0 saturated carbocycles. The van der Waals surface area contributed by atoms with Crippen molar-refractivity contribution in [2.75, 3.05) is 13.7 Å². The maximum Gasteiger partial charge on any atom is 0.256 e. The lowest BCUT2D eigenvalue weighted by molar-refractivity contribution is -0.131. The van der Waals surface area contributed by atoms with Gasteiger partial charge in [0.05, 0.1) is 19.3 Å². The molecule has 0 aromatic heterocycles. The minimum absolute atomic E-state index is 0.199. The fraction of sp³-hybridized carbons (Fsp3) is 0.727. The molecule has 1 fully saturated rings. The molecule has 0 aliphatic carbocycles. The third kappa shape index (κ3) is 1.82. The van der Waals surface area contributed by atoms with Gasteiger partial charge in [-0.3, -0.25) is 9.79 Å². The molecule has 2 unspecified atom stereocenters. The van der Waals surface area contributed by atoms with E-state index in [1.165, 1.54) is 22.5 Å². The number of ether oxygens (including phenoxy) is 1. The summed E-state index contributed by atoms with van der Waals surface area (Å²) in [4.78, 5) is 23.1. The molecule has 3 rings (SSSR count). The van der Waals surface area contributed by atoms with Gasteiger partial charge >= 0.3 is 0 Å². The van der Waals surface area contributed by atoms with Gasteiger partial charge in [-0.2, -0.15) is 0 Å². The summed E-state index contributed by atoms with van der Waals surface area (Å²) in [7, 11) is 1.59. The molecule has 6 atom stereocenters. The van der Waals surface area contributed by atoms with Crippen LogP contribution in [-0.4, -0.2) is 94.1 Å². The van der Waals surface area contributed by atoms with Gasteiger partial charge in [0, 0.05) is 7.05 Å². The molecule has 0 aromatic rings. The Morgan fingerprint density at radius 2 is 2.05 bits per heavy atom. The normalized spacial score (nSPS) is 43.5. The van der Waals surface area contributed by atoms with Crippen LogP contribution in [-0.2, 0) is 9.53 Å². The Bertz CT molecular complexity index is 470. The van der Waals surface area contributed by atoms with Crippen LogP contribution >= 0.6 is 0 Å². The Hall–Kier alpha value is -1.55. The number of rotatable bonds is 2. The van der Waals surface area contributed by atoms with Crippen LogP contribution in [0.5, 0.6) is 0 Å². The molecular weight excluding hydrogens is 268 g/mol. The molecule has 1 amide bonds. The highest BCUT2D eigenvalue weighted by molar-refractivity contribution is 5.95. The first-order valence-electron chi connectivity index (χ1n) is 6.27. The van der Waals surface area contributed by atoms with Gasteiger partial charge in [-0.1, -0.05) is 0 Å². The molecule has 0 radical (unpaired) electrons. The van der Waals surface area contributed by atoms with Crippen molar-refractivity contribution in [2.45, 2.75) is 36.7 Å². The molecule has 9 nitrogen and oxygen atoms in total. The second-order valence-electron chi connectivity index (χ2n) is 5.01. The number of carbonyl (C=O) groups excluding carboxylic acids is 1. The van der Waals surface area contributed by atoms with Crippen LogP contribution in [0.2, 0.25) is 0 Å². The third-order valence-corrected chi connectivity index (χ3v) is 3.75. The summed E-state index contributed by atoms with van der Waals surface area (Å²) in [6.45, 7) is -0.404. The topological polar surface area (TPSA) is 118 Å². The highest BCUT2D eigenvalue weighted by Crippen LogP contribution is 2.29. The first-order valence-corrected chi connectivity index (χ1v) is 6.27. The number of likely N-dealkylation sites (N-methyl/N-ethyl adjacent to an activating group) is 1. The van der Waals surface area contributed by atoms with Crippen LogP contribution in [0.1, 0.15) is 0 Å². The molecule has 9 heteroatoms. The zero-order valence-electron chi connectivity index (χ0n) is 10.8. The summed E-state index contributed by atoms with van der Waals surface area (Å²) < 4.78 is 5.42. The first kappa shape index (κ1) is 13.4. The van der Waals surface area contributed by atoms with Crippen molar-refractivity contribution >= 4 is 18.6 Å². The molecule has 110 valence electrons. The predicted octanol–water partition coefficient (Wildman–Crippen LogP) is -3.04. The highest BCUT2D eigenvalue weighted by atomic mass is 16.6. The van der Waals surface area contributed by atoms with E-state index in [1.54, 1.807) is 7.05 Å². The Balaban J connectivity index is 1.81. The van der Waals surface area contributed by atoms with Crippen LogP contribution in [0, 0.1) is 0 Å². The number of nitrogens with zero attached hydrogens (tertiary/aromatic N) is 4. The number of aliphatic hydroxyl groups excluding tert-OH is 3. The molecule has 0 bridgehead atoms. The lowest BCUT2D eigenvalue weighted by Crippen LogP contribution is -2.53. The summed E-state index contributed by atoms with van der Waals surface area (Å²) in [5, 5.41) is 28.8. The summed E-state index contributed by atoms with van der Waals surface area (Å²) in [5.74, 6) is -0.199. The third-order valence-electron chi connectivity index (χ3n) is 3.75.